The molecule has 0 saturated heterocycles. The first-order valence-electron chi connectivity index (χ1n) is 6.04. The van der Waals surface area contributed by atoms with E-state index in [1.807, 2.05) is 30.0 Å². The molecule has 1 fully saturated rings. The largest absolute Gasteiger partial charge is 0.397 e. The third-order valence-corrected chi connectivity index (χ3v) is 4.76. The number of anilines is 2. The molecule has 1 aliphatic rings. The molecule has 2 rings (SSSR count). The van der Waals surface area contributed by atoms with Crippen molar-refractivity contribution >= 4 is 34.7 Å². The lowest BCUT2D eigenvalue weighted by molar-refractivity contribution is 0.474. The van der Waals surface area contributed by atoms with E-state index in [-0.39, 0.29) is 0 Å². The molecule has 94 valence electrons. The Balaban J connectivity index is 2.05. The zero-order valence-corrected chi connectivity index (χ0v) is 11.7. The van der Waals surface area contributed by atoms with Crippen molar-refractivity contribution in [2.24, 2.45) is 0 Å². The maximum Gasteiger partial charge on any atom is 0.0765 e. The minimum absolute atomic E-state index is 0.503. The highest BCUT2D eigenvalue weighted by Crippen LogP contribution is 2.33. The topological polar surface area (TPSA) is 38.0 Å². The summed E-state index contributed by atoms with van der Waals surface area (Å²) >= 11 is 8.14. The molecule has 2 nitrogen and oxygen atoms in total. The lowest BCUT2D eigenvalue weighted by Crippen LogP contribution is -2.28. The van der Waals surface area contributed by atoms with Crippen LogP contribution in [-0.2, 0) is 0 Å². The summed E-state index contributed by atoms with van der Waals surface area (Å²) in [7, 11) is 0. The Bertz CT molecular complexity index is 363. The molecule has 0 bridgehead atoms. The smallest absolute Gasteiger partial charge is 0.0765 e. The van der Waals surface area contributed by atoms with Gasteiger partial charge in [-0.3, -0.25) is 0 Å². The third kappa shape index (κ3) is 3.23. The average molecular weight is 271 g/mol. The lowest BCUT2D eigenvalue weighted by atomic mass is 9.94. The van der Waals surface area contributed by atoms with Crippen LogP contribution in [0.4, 0.5) is 11.4 Å². The summed E-state index contributed by atoms with van der Waals surface area (Å²) in [6.45, 7) is 0. The molecular weight excluding hydrogens is 252 g/mol. The molecule has 1 aliphatic carbocycles. The summed E-state index contributed by atoms with van der Waals surface area (Å²) in [6, 6.07) is 6.16. The number of benzene rings is 1. The quantitative estimate of drug-likeness (QED) is 0.815. The molecule has 0 spiro atoms. The number of halogens is 1. The molecule has 0 aromatic heterocycles. The van der Waals surface area contributed by atoms with Crippen LogP contribution in [0.25, 0.3) is 0 Å². The van der Waals surface area contributed by atoms with Crippen LogP contribution in [0, 0.1) is 0 Å². The van der Waals surface area contributed by atoms with E-state index in [0.29, 0.717) is 6.04 Å². The first kappa shape index (κ1) is 12.9. The number of hydrogen-bond donors (Lipinski definition) is 2. The molecule has 1 aromatic rings. The summed E-state index contributed by atoms with van der Waals surface area (Å²) < 4.78 is 0. The molecule has 3 N–H and O–H groups in total. The number of nitrogens with one attached hydrogen (secondary N) is 1. The van der Waals surface area contributed by atoms with Gasteiger partial charge < -0.3 is 11.1 Å². The molecule has 0 heterocycles. The Morgan fingerprint density at radius 2 is 2.24 bits per heavy atom. The number of nitrogen functional groups attached to an aromatic ring is 1. The van der Waals surface area contributed by atoms with E-state index in [9.17, 15) is 0 Å². The van der Waals surface area contributed by atoms with Crippen LogP contribution >= 0.6 is 23.4 Å². The maximum absolute atomic E-state index is 6.17. The van der Waals surface area contributed by atoms with Gasteiger partial charge in [-0.25, -0.2) is 0 Å². The van der Waals surface area contributed by atoms with Crippen molar-refractivity contribution in [1.29, 1.82) is 0 Å². The van der Waals surface area contributed by atoms with Crippen LogP contribution in [-0.4, -0.2) is 17.5 Å². The molecular formula is C13H19ClN2S. The van der Waals surface area contributed by atoms with Crippen LogP contribution in [0.2, 0.25) is 5.02 Å². The molecule has 0 radical (unpaired) electrons. The minimum Gasteiger partial charge on any atom is -0.397 e. The maximum atomic E-state index is 6.17. The molecule has 0 aliphatic heterocycles. The predicted octanol–water partition coefficient (Wildman–Crippen LogP) is 4.01. The fourth-order valence-corrected chi connectivity index (χ4v) is 3.45. The second-order valence-corrected chi connectivity index (χ2v) is 6.11. The Labute approximate surface area is 112 Å². The zero-order chi connectivity index (χ0) is 12.3. The van der Waals surface area contributed by atoms with Crippen LogP contribution < -0.4 is 11.1 Å². The van der Waals surface area contributed by atoms with E-state index in [0.717, 1.165) is 21.6 Å². The van der Waals surface area contributed by atoms with Gasteiger partial charge in [0.15, 0.2) is 0 Å². The van der Waals surface area contributed by atoms with Crippen LogP contribution in [0.5, 0.6) is 0 Å². The summed E-state index contributed by atoms with van der Waals surface area (Å²) in [5.41, 5.74) is 7.60. The summed E-state index contributed by atoms with van der Waals surface area (Å²) in [5.74, 6) is 0. The second-order valence-electron chi connectivity index (χ2n) is 4.57. The van der Waals surface area contributed by atoms with Crippen molar-refractivity contribution in [3.05, 3.63) is 23.2 Å². The van der Waals surface area contributed by atoms with E-state index in [1.54, 1.807) is 0 Å². The molecule has 2 unspecified atom stereocenters. The van der Waals surface area contributed by atoms with Crippen molar-refractivity contribution < 1.29 is 0 Å². The van der Waals surface area contributed by atoms with E-state index in [2.05, 4.69) is 11.6 Å². The first-order chi connectivity index (χ1) is 8.20. The lowest BCUT2D eigenvalue weighted by Gasteiger charge is -2.30. The van der Waals surface area contributed by atoms with Crippen molar-refractivity contribution in [2.75, 3.05) is 17.3 Å². The van der Waals surface area contributed by atoms with Gasteiger partial charge in [0.1, 0.15) is 0 Å². The second kappa shape index (κ2) is 5.87. The van der Waals surface area contributed by atoms with Crippen molar-refractivity contribution in [2.45, 2.75) is 37.0 Å². The third-order valence-electron chi connectivity index (χ3n) is 3.35. The normalized spacial score (nSPS) is 24.6. The van der Waals surface area contributed by atoms with E-state index < -0.39 is 0 Å². The highest BCUT2D eigenvalue weighted by molar-refractivity contribution is 7.99. The average Bonchev–Trinajstić information content (AvgIpc) is 2.34. The van der Waals surface area contributed by atoms with Crippen LogP contribution in [0.1, 0.15) is 25.7 Å². The Hall–Kier alpha value is -0.540. The SMILES string of the molecule is CSC1CCCC(Nc2c(N)cccc2Cl)C1. The summed E-state index contributed by atoms with van der Waals surface area (Å²) in [6.07, 6.45) is 7.22. The molecule has 17 heavy (non-hydrogen) atoms. The monoisotopic (exact) mass is 270 g/mol. The summed E-state index contributed by atoms with van der Waals surface area (Å²) in [5, 5.41) is 5.00. The number of rotatable bonds is 3. The van der Waals surface area contributed by atoms with E-state index >= 15 is 0 Å². The van der Waals surface area contributed by atoms with Crippen LogP contribution in [0.3, 0.4) is 0 Å². The molecule has 4 heteroatoms. The number of thioether (sulfide) groups is 1. The van der Waals surface area contributed by atoms with Gasteiger partial charge in [-0.1, -0.05) is 24.1 Å². The van der Waals surface area contributed by atoms with Gasteiger partial charge in [-0.05, 0) is 37.7 Å². The van der Waals surface area contributed by atoms with Crippen molar-refractivity contribution in [3.63, 3.8) is 0 Å². The Morgan fingerprint density at radius 3 is 2.94 bits per heavy atom. The van der Waals surface area contributed by atoms with Gasteiger partial charge >= 0.3 is 0 Å². The standard InChI is InChI=1S/C13H19ClN2S/c1-17-10-5-2-4-9(8-10)16-13-11(14)6-3-7-12(13)15/h3,6-7,9-10,16H,2,4-5,8,15H2,1H3. The minimum atomic E-state index is 0.503. The van der Waals surface area contributed by atoms with Gasteiger partial charge in [0, 0.05) is 11.3 Å². The molecule has 2 atom stereocenters. The number of hydrogen-bond acceptors (Lipinski definition) is 3. The van der Waals surface area contributed by atoms with Crippen LogP contribution in [0.15, 0.2) is 18.2 Å². The fourth-order valence-electron chi connectivity index (χ4n) is 2.39. The zero-order valence-electron chi connectivity index (χ0n) is 10.1. The number of para-hydroxylation sites is 1. The predicted molar refractivity (Wildman–Crippen MR) is 79.0 cm³/mol. The van der Waals surface area contributed by atoms with Crippen molar-refractivity contribution in [3.8, 4) is 0 Å². The highest BCUT2D eigenvalue weighted by Gasteiger charge is 2.22. The Morgan fingerprint density at radius 1 is 1.41 bits per heavy atom. The van der Waals surface area contributed by atoms with Crippen molar-refractivity contribution in [1.82, 2.24) is 0 Å². The molecule has 1 saturated carbocycles. The van der Waals surface area contributed by atoms with Gasteiger partial charge in [0.2, 0.25) is 0 Å². The fraction of sp³-hybridized carbons (Fsp3) is 0.538. The molecule has 0 amide bonds. The van der Waals surface area contributed by atoms with Gasteiger partial charge in [0.25, 0.3) is 0 Å². The first-order valence-corrected chi connectivity index (χ1v) is 7.70. The van der Waals surface area contributed by atoms with E-state index in [1.165, 1.54) is 25.7 Å². The molecule has 1 aromatic carbocycles. The number of nitrogens with two attached hydrogens (primary N) is 1. The van der Waals surface area contributed by atoms with Gasteiger partial charge in [0.05, 0.1) is 16.4 Å². The summed E-state index contributed by atoms with van der Waals surface area (Å²) in [4.78, 5) is 0. The highest BCUT2D eigenvalue weighted by atomic mass is 35.5. The van der Waals surface area contributed by atoms with Gasteiger partial charge in [-0.2, -0.15) is 11.8 Å². The Kier molecular flexibility index (Phi) is 4.46. The van der Waals surface area contributed by atoms with E-state index in [4.69, 9.17) is 17.3 Å². The van der Waals surface area contributed by atoms with Gasteiger partial charge in [-0.15, -0.1) is 0 Å².